The highest BCUT2D eigenvalue weighted by molar-refractivity contribution is 6.17. The minimum absolute atomic E-state index is 0.0218. The van der Waals surface area contributed by atoms with Gasteiger partial charge in [-0.15, -0.1) is 11.6 Å². The number of benzene rings is 1. The topological polar surface area (TPSA) is 97.1 Å². The van der Waals surface area contributed by atoms with Gasteiger partial charge in [-0.2, -0.15) is 5.26 Å². The normalized spacial score (nSPS) is 10.2. The van der Waals surface area contributed by atoms with Crippen LogP contribution in [0.5, 0.6) is 11.5 Å². The Balaban J connectivity index is 2.89. The number of H-pyrrole nitrogens is 1. The number of nitrogens with one attached hydrogen (secondary N) is 1. The molecule has 0 aliphatic heterocycles. The predicted octanol–water partition coefficient (Wildman–Crippen LogP) is 2.37. The molecular weight excluding hydrogens is 280 g/mol. The van der Waals surface area contributed by atoms with Crippen LogP contribution in [0.3, 0.4) is 0 Å². The maximum Gasteiger partial charge on any atom is 0.266 e. The quantitative estimate of drug-likeness (QED) is 0.740. The average Bonchev–Trinajstić information content (AvgIpc) is 2.36. The van der Waals surface area contributed by atoms with Crippen molar-refractivity contribution in [2.75, 3.05) is 0 Å². The summed E-state index contributed by atoms with van der Waals surface area (Å²) in [5, 5.41) is 28.6. The summed E-state index contributed by atoms with van der Waals surface area (Å²) >= 11 is 5.81. The van der Waals surface area contributed by atoms with Crippen LogP contribution in [-0.2, 0) is 5.88 Å². The average molecular weight is 291 g/mol. The number of rotatable bonds is 2. The lowest BCUT2D eigenvalue weighted by Crippen LogP contribution is -2.13. The molecule has 102 valence electrons. The van der Waals surface area contributed by atoms with Crippen molar-refractivity contribution >= 4 is 11.6 Å². The van der Waals surface area contributed by atoms with E-state index in [4.69, 9.17) is 16.9 Å². The van der Waals surface area contributed by atoms with Gasteiger partial charge in [0.15, 0.2) is 0 Å². The van der Waals surface area contributed by atoms with Gasteiger partial charge in [-0.25, -0.2) is 0 Å². The van der Waals surface area contributed by atoms with Crippen LogP contribution in [0.1, 0.15) is 16.8 Å². The number of aromatic hydroxyl groups is 2. The first kappa shape index (κ1) is 14.0. The molecule has 3 N–H and O–H groups in total. The zero-order valence-electron chi connectivity index (χ0n) is 10.6. The number of hydrogen-bond donors (Lipinski definition) is 3. The van der Waals surface area contributed by atoms with Crippen LogP contribution in [-0.4, -0.2) is 15.2 Å². The van der Waals surface area contributed by atoms with Crippen molar-refractivity contribution in [1.82, 2.24) is 4.98 Å². The summed E-state index contributed by atoms with van der Waals surface area (Å²) in [6, 6.07) is 5.94. The molecule has 0 unspecified atom stereocenters. The molecule has 0 saturated carbocycles. The van der Waals surface area contributed by atoms with Gasteiger partial charge in [0.25, 0.3) is 5.56 Å². The molecule has 5 nitrogen and oxygen atoms in total. The summed E-state index contributed by atoms with van der Waals surface area (Å²) in [7, 11) is 0. The maximum atomic E-state index is 11.8. The lowest BCUT2D eigenvalue weighted by molar-refractivity contribution is 0.451. The van der Waals surface area contributed by atoms with Gasteiger partial charge in [-0.3, -0.25) is 4.79 Å². The van der Waals surface area contributed by atoms with E-state index in [1.807, 2.05) is 6.07 Å². The van der Waals surface area contributed by atoms with Gasteiger partial charge in [0.1, 0.15) is 23.1 Å². The van der Waals surface area contributed by atoms with Crippen LogP contribution < -0.4 is 5.56 Å². The number of pyridine rings is 1. The van der Waals surface area contributed by atoms with Gasteiger partial charge >= 0.3 is 0 Å². The van der Waals surface area contributed by atoms with Crippen molar-refractivity contribution in [3.8, 4) is 28.7 Å². The Morgan fingerprint density at radius 2 is 2.05 bits per heavy atom. The molecule has 0 atom stereocenters. The molecule has 20 heavy (non-hydrogen) atoms. The summed E-state index contributed by atoms with van der Waals surface area (Å²) < 4.78 is 0. The second kappa shape index (κ2) is 5.27. The van der Waals surface area contributed by atoms with E-state index in [1.165, 1.54) is 6.07 Å². The van der Waals surface area contributed by atoms with Gasteiger partial charge in [0.05, 0.1) is 0 Å². The number of aromatic nitrogens is 1. The Morgan fingerprint density at radius 1 is 1.35 bits per heavy atom. The Labute approximate surface area is 119 Å². The van der Waals surface area contributed by atoms with Crippen LogP contribution in [0.2, 0.25) is 0 Å². The van der Waals surface area contributed by atoms with E-state index in [9.17, 15) is 15.0 Å². The largest absolute Gasteiger partial charge is 0.508 e. The first-order valence-corrected chi connectivity index (χ1v) is 6.26. The molecular formula is C14H11ClN2O3. The number of halogens is 1. The van der Waals surface area contributed by atoms with Gasteiger partial charge < -0.3 is 15.2 Å². The molecule has 0 radical (unpaired) electrons. The van der Waals surface area contributed by atoms with E-state index in [-0.39, 0.29) is 28.5 Å². The third kappa shape index (κ3) is 2.33. The zero-order valence-corrected chi connectivity index (χ0v) is 11.3. The first-order valence-electron chi connectivity index (χ1n) is 5.73. The Kier molecular flexibility index (Phi) is 3.68. The van der Waals surface area contributed by atoms with Gasteiger partial charge in [-0.05, 0) is 24.6 Å². The smallest absolute Gasteiger partial charge is 0.266 e. The van der Waals surface area contributed by atoms with Crippen molar-refractivity contribution in [2.45, 2.75) is 12.8 Å². The van der Waals surface area contributed by atoms with Gasteiger partial charge in [-0.1, -0.05) is 0 Å². The third-order valence-corrected chi connectivity index (χ3v) is 3.16. The first-order chi connectivity index (χ1) is 9.47. The fourth-order valence-corrected chi connectivity index (χ4v) is 2.29. The van der Waals surface area contributed by atoms with Crippen LogP contribution in [0.4, 0.5) is 0 Å². The number of aryl methyl sites for hydroxylation is 1. The van der Waals surface area contributed by atoms with E-state index in [1.54, 1.807) is 13.0 Å². The second-order valence-electron chi connectivity index (χ2n) is 4.31. The highest BCUT2D eigenvalue weighted by Crippen LogP contribution is 2.37. The van der Waals surface area contributed by atoms with Crippen molar-refractivity contribution < 1.29 is 10.2 Å². The number of nitrogens with zero attached hydrogens (tertiary/aromatic N) is 1. The lowest BCUT2D eigenvalue weighted by atomic mass is 9.95. The van der Waals surface area contributed by atoms with Crippen molar-refractivity contribution in [3.63, 3.8) is 0 Å². The monoisotopic (exact) mass is 290 g/mol. The molecule has 1 aromatic heterocycles. The summed E-state index contributed by atoms with van der Waals surface area (Å²) in [6.45, 7) is 1.67. The van der Waals surface area contributed by atoms with Gasteiger partial charge in [0.2, 0.25) is 0 Å². The fraction of sp³-hybridized carbons (Fsp3) is 0.143. The summed E-state index contributed by atoms with van der Waals surface area (Å²) in [6.07, 6.45) is 0. The number of aromatic amines is 1. The van der Waals surface area contributed by atoms with E-state index in [2.05, 4.69) is 4.98 Å². The summed E-state index contributed by atoms with van der Waals surface area (Å²) in [5.41, 5.74) is 0.923. The Hall–Kier alpha value is -2.45. The van der Waals surface area contributed by atoms with Crippen LogP contribution >= 0.6 is 11.6 Å². The molecule has 0 saturated heterocycles. The van der Waals surface area contributed by atoms with Crippen molar-refractivity contribution in [3.05, 3.63) is 45.4 Å². The van der Waals surface area contributed by atoms with E-state index in [0.717, 1.165) is 6.07 Å². The zero-order chi connectivity index (χ0) is 14.9. The van der Waals surface area contributed by atoms with Crippen LogP contribution in [0, 0.1) is 18.3 Å². The highest BCUT2D eigenvalue weighted by Gasteiger charge is 2.18. The number of nitriles is 1. The number of alkyl halides is 1. The number of phenolic OH excluding ortho intramolecular Hbond substituents is 2. The predicted molar refractivity (Wildman–Crippen MR) is 74.8 cm³/mol. The molecule has 0 aliphatic carbocycles. The molecule has 1 heterocycles. The molecule has 0 fully saturated rings. The maximum absolute atomic E-state index is 11.8. The van der Waals surface area contributed by atoms with E-state index in [0.29, 0.717) is 16.8 Å². The number of hydrogen-bond acceptors (Lipinski definition) is 4. The van der Waals surface area contributed by atoms with E-state index >= 15 is 0 Å². The van der Waals surface area contributed by atoms with Crippen LogP contribution in [0.25, 0.3) is 11.1 Å². The second-order valence-corrected chi connectivity index (χ2v) is 4.58. The molecule has 1 aromatic carbocycles. The summed E-state index contributed by atoms with van der Waals surface area (Å²) in [4.78, 5) is 14.3. The van der Waals surface area contributed by atoms with Gasteiger partial charge in [0, 0.05) is 28.8 Å². The third-order valence-electron chi connectivity index (χ3n) is 2.88. The molecule has 2 rings (SSSR count). The molecule has 0 bridgehead atoms. The minimum atomic E-state index is -0.532. The lowest BCUT2D eigenvalue weighted by Gasteiger charge is -2.12. The number of phenols is 2. The van der Waals surface area contributed by atoms with E-state index < -0.39 is 5.56 Å². The highest BCUT2D eigenvalue weighted by atomic mass is 35.5. The fourth-order valence-electron chi connectivity index (χ4n) is 2.08. The molecule has 2 aromatic rings. The van der Waals surface area contributed by atoms with Crippen LogP contribution in [0.15, 0.2) is 23.0 Å². The molecule has 0 amide bonds. The minimum Gasteiger partial charge on any atom is -0.508 e. The molecule has 0 spiro atoms. The Bertz CT molecular complexity index is 775. The summed E-state index contributed by atoms with van der Waals surface area (Å²) in [5.74, 6) is -0.349. The Morgan fingerprint density at radius 3 is 2.65 bits per heavy atom. The SMILES string of the molecule is Cc1cc(-c2c(O)cc(O)cc2CCl)c(C#N)c(=O)[nH]1. The standard InChI is InChI=1S/C14H11ClN2O3/c1-7-2-10(11(6-16)14(20)17-7)13-8(5-15)3-9(18)4-12(13)19/h2-4,18-19H,5H2,1H3,(H,17,20). The molecule has 6 heteroatoms. The van der Waals surface area contributed by atoms with Crippen molar-refractivity contribution in [2.24, 2.45) is 0 Å². The molecule has 0 aliphatic rings. The van der Waals surface area contributed by atoms with Crippen molar-refractivity contribution in [1.29, 1.82) is 5.26 Å².